The molecule has 1 atom stereocenters. The monoisotopic (exact) mass is 129 g/mol. The number of carbonyl (C=O) groups is 1. The van der Waals surface area contributed by atoms with Crippen LogP contribution in [0.1, 0.15) is 0 Å². The fourth-order valence-electron chi connectivity index (χ4n) is 0.304. The van der Waals surface area contributed by atoms with E-state index in [4.69, 9.17) is 11.7 Å². The molecular formula is C5H7NO3. The van der Waals surface area contributed by atoms with Crippen molar-refractivity contribution >= 4 is 5.97 Å². The Hall–Kier alpha value is -1.08. The molecule has 0 amide bonds. The summed E-state index contributed by atoms with van der Waals surface area (Å²) in [7, 11) is 1.18. The molecule has 0 fully saturated rings. The van der Waals surface area contributed by atoms with Crippen molar-refractivity contribution < 1.29 is 14.6 Å². The number of carbonyl (C=O) groups excluding carboxylic acids is 1. The summed E-state index contributed by atoms with van der Waals surface area (Å²) in [5.41, 5.74) is 0. The minimum atomic E-state index is -1.05. The van der Waals surface area contributed by atoms with Gasteiger partial charge in [0.05, 0.1) is 7.11 Å². The number of esters is 1. The van der Waals surface area contributed by atoms with E-state index in [0.29, 0.717) is 0 Å². The van der Waals surface area contributed by atoms with Crippen LogP contribution in [0, 0.1) is 6.57 Å². The molecule has 1 N–H and O–H groups in total. The molecule has 0 heterocycles. The zero-order chi connectivity index (χ0) is 7.28. The van der Waals surface area contributed by atoms with Gasteiger partial charge in [-0.3, -0.25) is 4.85 Å². The molecule has 0 aliphatic carbocycles. The van der Waals surface area contributed by atoms with E-state index in [1.54, 1.807) is 0 Å². The lowest BCUT2D eigenvalue weighted by atomic mass is 10.3. The number of aliphatic hydroxyl groups is 1. The van der Waals surface area contributed by atoms with Crippen LogP contribution in [0.15, 0.2) is 0 Å². The van der Waals surface area contributed by atoms with Gasteiger partial charge in [-0.1, -0.05) is 0 Å². The van der Waals surface area contributed by atoms with Gasteiger partial charge in [-0.25, -0.2) is 11.4 Å². The molecule has 4 heteroatoms. The first-order valence-electron chi connectivity index (χ1n) is 2.31. The molecule has 9 heavy (non-hydrogen) atoms. The maximum Gasteiger partial charge on any atom is 0.392 e. The summed E-state index contributed by atoms with van der Waals surface area (Å²) in [5, 5.41) is 8.31. The van der Waals surface area contributed by atoms with Crippen LogP contribution in [0.25, 0.3) is 4.85 Å². The van der Waals surface area contributed by atoms with Gasteiger partial charge in [0.1, 0.15) is 6.61 Å². The summed E-state index contributed by atoms with van der Waals surface area (Å²) in [6.07, 6.45) is 0. The molecule has 0 aliphatic rings. The second kappa shape index (κ2) is 3.87. The van der Waals surface area contributed by atoms with Crippen LogP contribution in [0.3, 0.4) is 0 Å². The minimum absolute atomic E-state index is 0.476. The van der Waals surface area contributed by atoms with Crippen molar-refractivity contribution in [3.8, 4) is 0 Å². The summed E-state index contributed by atoms with van der Waals surface area (Å²) in [5.74, 6) is -0.687. The van der Waals surface area contributed by atoms with Crippen molar-refractivity contribution in [2.24, 2.45) is 0 Å². The SMILES string of the molecule is [C-]#[N+]C(CO)C(=O)OC. The van der Waals surface area contributed by atoms with Crippen LogP contribution in [-0.2, 0) is 9.53 Å². The Morgan fingerprint density at radius 3 is 2.67 bits per heavy atom. The van der Waals surface area contributed by atoms with Gasteiger partial charge in [-0.2, -0.15) is 0 Å². The minimum Gasteiger partial charge on any atom is -0.463 e. The van der Waals surface area contributed by atoms with Gasteiger partial charge in [0, 0.05) is 0 Å². The normalized spacial score (nSPS) is 11.7. The lowest BCUT2D eigenvalue weighted by Crippen LogP contribution is -2.21. The number of ether oxygens (including phenoxy) is 1. The van der Waals surface area contributed by atoms with Gasteiger partial charge in [0.2, 0.25) is 0 Å². The van der Waals surface area contributed by atoms with E-state index in [1.165, 1.54) is 7.11 Å². The van der Waals surface area contributed by atoms with E-state index >= 15 is 0 Å². The highest BCUT2D eigenvalue weighted by molar-refractivity contribution is 5.77. The molecule has 4 nitrogen and oxygen atoms in total. The lowest BCUT2D eigenvalue weighted by Gasteiger charge is -1.96. The van der Waals surface area contributed by atoms with Crippen LogP contribution in [-0.4, -0.2) is 30.8 Å². The topological polar surface area (TPSA) is 50.9 Å². The highest BCUT2D eigenvalue weighted by Crippen LogP contribution is 1.90. The number of methoxy groups -OCH3 is 1. The molecule has 0 saturated heterocycles. The molecule has 0 aromatic carbocycles. The largest absolute Gasteiger partial charge is 0.463 e. The van der Waals surface area contributed by atoms with Gasteiger partial charge in [0.25, 0.3) is 0 Å². The summed E-state index contributed by atoms with van der Waals surface area (Å²) in [4.78, 5) is 13.2. The molecule has 0 bridgehead atoms. The Morgan fingerprint density at radius 2 is 2.56 bits per heavy atom. The predicted molar refractivity (Wildman–Crippen MR) is 29.5 cm³/mol. The third-order valence-electron chi connectivity index (χ3n) is 0.802. The van der Waals surface area contributed by atoms with Gasteiger partial charge >= 0.3 is 12.0 Å². The average molecular weight is 129 g/mol. The Balaban J connectivity index is 3.84. The van der Waals surface area contributed by atoms with Gasteiger partial charge in [0.15, 0.2) is 0 Å². The van der Waals surface area contributed by atoms with Crippen molar-refractivity contribution in [2.75, 3.05) is 13.7 Å². The zero-order valence-electron chi connectivity index (χ0n) is 5.00. The molecule has 0 saturated carbocycles. The second-order valence-electron chi connectivity index (χ2n) is 1.35. The fourth-order valence-corrected chi connectivity index (χ4v) is 0.304. The summed E-state index contributed by atoms with van der Waals surface area (Å²) >= 11 is 0. The van der Waals surface area contributed by atoms with E-state index in [0.717, 1.165) is 0 Å². The Bertz CT molecular complexity index is 138. The molecule has 1 unspecified atom stereocenters. The zero-order valence-corrected chi connectivity index (χ0v) is 5.00. The third-order valence-corrected chi connectivity index (χ3v) is 0.802. The number of rotatable bonds is 2. The third kappa shape index (κ3) is 2.11. The Kier molecular flexibility index (Phi) is 3.40. The van der Waals surface area contributed by atoms with Crippen LogP contribution >= 0.6 is 0 Å². The van der Waals surface area contributed by atoms with E-state index < -0.39 is 18.6 Å². The molecular weight excluding hydrogens is 122 g/mol. The van der Waals surface area contributed by atoms with E-state index in [1.807, 2.05) is 0 Å². The molecule has 0 spiro atoms. The summed E-state index contributed by atoms with van der Waals surface area (Å²) < 4.78 is 4.18. The molecule has 0 aromatic heterocycles. The smallest absolute Gasteiger partial charge is 0.392 e. The molecule has 0 rings (SSSR count). The highest BCUT2D eigenvalue weighted by Gasteiger charge is 2.21. The quantitative estimate of drug-likeness (QED) is 0.401. The van der Waals surface area contributed by atoms with Gasteiger partial charge in [-0.05, 0) is 0 Å². The average Bonchev–Trinajstić information content (AvgIpc) is 1.90. The first-order chi connectivity index (χ1) is 4.26. The van der Waals surface area contributed by atoms with Crippen molar-refractivity contribution in [2.45, 2.75) is 6.04 Å². The first-order valence-corrected chi connectivity index (χ1v) is 2.31. The maximum atomic E-state index is 10.4. The van der Waals surface area contributed by atoms with E-state index in [-0.39, 0.29) is 0 Å². The van der Waals surface area contributed by atoms with Gasteiger partial charge in [-0.15, -0.1) is 0 Å². The molecule has 0 aliphatic heterocycles. The van der Waals surface area contributed by atoms with Crippen molar-refractivity contribution in [1.29, 1.82) is 0 Å². The lowest BCUT2D eigenvalue weighted by molar-refractivity contribution is -0.141. The standard InChI is InChI=1S/C5H7NO3/c1-6-4(3-7)5(8)9-2/h4,7H,3H2,2H3. The van der Waals surface area contributed by atoms with Crippen molar-refractivity contribution in [3.05, 3.63) is 11.4 Å². The predicted octanol–water partition coefficient (Wildman–Crippen LogP) is -0.560. The highest BCUT2D eigenvalue weighted by atomic mass is 16.5. The maximum absolute atomic E-state index is 10.4. The number of hydrogen-bond acceptors (Lipinski definition) is 3. The molecule has 0 radical (unpaired) electrons. The van der Waals surface area contributed by atoms with Crippen LogP contribution < -0.4 is 0 Å². The molecule has 50 valence electrons. The molecule has 0 aromatic rings. The number of nitrogens with zero attached hydrogens (tertiary/aromatic N) is 1. The van der Waals surface area contributed by atoms with Crippen LogP contribution in [0.2, 0.25) is 0 Å². The van der Waals surface area contributed by atoms with E-state index in [2.05, 4.69) is 9.58 Å². The van der Waals surface area contributed by atoms with Crippen LogP contribution in [0.4, 0.5) is 0 Å². The van der Waals surface area contributed by atoms with Crippen LogP contribution in [0.5, 0.6) is 0 Å². The van der Waals surface area contributed by atoms with Crippen molar-refractivity contribution in [3.63, 3.8) is 0 Å². The summed E-state index contributed by atoms with van der Waals surface area (Å²) in [6, 6.07) is -1.05. The van der Waals surface area contributed by atoms with E-state index in [9.17, 15) is 4.79 Å². The number of hydrogen-bond donors (Lipinski definition) is 1. The van der Waals surface area contributed by atoms with Crippen molar-refractivity contribution in [1.82, 2.24) is 0 Å². The van der Waals surface area contributed by atoms with Gasteiger partial charge < -0.3 is 9.84 Å². The summed E-state index contributed by atoms with van der Waals surface area (Å²) in [6.45, 7) is 5.88. The first kappa shape index (κ1) is 7.92. The Morgan fingerprint density at radius 1 is 2.00 bits per heavy atom. The number of aliphatic hydroxyl groups excluding tert-OH is 1. The Labute approximate surface area is 52.9 Å². The fraction of sp³-hybridized carbons (Fsp3) is 0.600. The second-order valence-corrected chi connectivity index (χ2v) is 1.35.